The molecule has 0 aliphatic heterocycles. The van der Waals surface area contributed by atoms with Crippen molar-refractivity contribution >= 4 is 23.3 Å². The number of nitrogens with zero attached hydrogens (tertiary/aromatic N) is 3. The van der Waals surface area contributed by atoms with Crippen LogP contribution in [0.15, 0.2) is 47.1 Å². The smallest absolute Gasteiger partial charge is 0.278 e. The topological polar surface area (TPSA) is 60.4 Å². The van der Waals surface area contributed by atoms with Gasteiger partial charge in [-0.05, 0) is 32.7 Å². The van der Waals surface area contributed by atoms with Crippen LogP contribution in [0.2, 0.25) is 0 Å². The molecule has 0 radical (unpaired) electrons. The number of nitro benzene ring substituents is 1. The summed E-state index contributed by atoms with van der Waals surface area (Å²) in [5, 5.41) is 11.6. The number of hydrogen-bond donors (Lipinski definition) is 0. The predicted octanol–water partition coefficient (Wildman–Crippen LogP) is 4.86. The number of allylic oxidation sites excluding steroid dienone is 2. The molecule has 0 amide bonds. The van der Waals surface area contributed by atoms with Crippen molar-refractivity contribution in [1.29, 1.82) is 0 Å². The molecule has 1 aromatic heterocycles. The van der Waals surface area contributed by atoms with Crippen LogP contribution in [0.5, 0.6) is 0 Å². The van der Waals surface area contributed by atoms with Crippen LogP contribution in [0.25, 0.3) is 10.9 Å². The maximum Gasteiger partial charge on any atom is 0.278 e. The second-order valence-electron chi connectivity index (χ2n) is 4.36. The molecule has 0 aliphatic rings. The second-order valence-corrected chi connectivity index (χ2v) is 4.36. The number of fused-ring (bicyclic) bond motifs is 1. The Kier molecular flexibility index (Phi) is 9.18. The van der Waals surface area contributed by atoms with Gasteiger partial charge in [-0.15, -0.1) is 0 Å². The number of non-ortho nitro benzene ring substituents is 1. The lowest BCUT2D eigenvalue weighted by molar-refractivity contribution is -0.383. The van der Waals surface area contributed by atoms with Gasteiger partial charge < -0.3 is 9.56 Å². The zero-order chi connectivity index (χ0) is 17.1. The van der Waals surface area contributed by atoms with Crippen molar-refractivity contribution in [1.82, 2.24) is 4.57 Å². The highest BCUT2D eigenvalue weighted by atomic mass is 16.6. The Morgan fingerprint density at radius 3 is 2.50 bits per heavy atom. The molecule has 5 nitrogen and oxygen atoms in total. The lowest BCUT2D eigenvalue weighted by Gasteiger charge is -2.05. The monoisotopic (exact) mass is 303 g/mol. The van der Waals surface area contributed by atoms with Gasteiger partial charge in [0.05, 0.1) is 15.8 Å². The average Bonchev–Trinajstić information content (AvgIpc) is 2.93. The summed E-state index contributed by atoms with van der Waals surface area (Å²) < 4.78 is 2.03. The Balaban J connectivity index is 0.000000789. The number of aromatic nitrogens is 1. The van der Waals surface area contributed by atoms with Crippen LogP contribution in [0, 0.1) is 10.1 Å². The third-order valence-electron chi connectivity index (χ3n) is 2.90. The fraction of sp³-hybridized carbons (Fsp3) is 0.353. The summed E-state index contributed by atoms with van der Waals surface area (Å²) in [5.41, 5.74) is 2.30. The lowest BCUT2D eigenvalue weighted by atomic mass is 10.2. The van der Waals surface area contributed by atoms with E-state index >= 15 is 0 Å². The van der Waals surface area contributed by atoms with Crippen molar-refractivity contribution < 1.29 is 4.92 Å². The Labute approximate surface area is 132 Å². The van der Waals surface area contributed by atoms with E-state index in [4.69, 9.17) is 0 Å². The van der Waals surface area contributed by atoms with Crippen molar-refractivity contribution in [2.75, 3.05) is 7.05 Å². The minimum absolute atomic E-state index is 0.166. The summed E-state index contributed by atoms with van der Waals surface area (Å²) in [7, 11) is 1.64. The van der Waals surface area contributed by atoms with E-state index in [-0.39, 0.29) is 10.6 Å². The molecule has 0 bridgehead atoms. The SMILES string of the molecule is C/C=C(\C)Cn1ccc2c([N+](=O)[O-])cccc21.C=NC.CC. The first kappa shape index (κ1) is 19.6. The molecule has 0 saturated carbocycles. The van der Waals surface area contributed by atoms with Crippen molar-refractivity contribution in [2.24, 2.45) is 4.99 Å². The van der Waals surface area contributed by atoms with Crippen LogP contribution in [-0.2, 0) is 6.54 Å². The molecule has 1 heterocycles. The predicted molar refractivity (Wildman–Crippen MR) is 94.8 cm³/mol. The van der Waals surface area contributed by atoms with Gasteiger partial charge in [0.2, 0.25) is 0 Å². The van der Waals surface area contributed by atoms with Crippen LogP contribution in [-0.4, -0.2) is 23.3 Å². The van der Waals surface area contributed by atoms with Gasteiger partial charge in [0.25, 0.3) is 5.69 Å². The van der Waals surface area contributed by atoms with E-state index in [0.717, 1.165) is 12.1 Å². The Morgan fingerprint density at radius 1 is 1.41 bits per heavy atom. The number of nitro groups is 1. The van der Waals surface area contributed by atoms with Crippen molar-refractivity contribution in [3.05, 3.63) is 52.2 Å². The van der Waals surface area contributed by atoms with Crippen molar-refractivity contribution in [3.63, 3.8) is 0 Å². The number of rotatable bonds is 3. The van der Waals surface area contributed by atoms with Crippen LogP contribution in [0.4, 0.5) is 5.69 Å². The molecule has 0 N–H and O–H groups in total. The zero-order valence-corrected chi connectivity index (χ0v) is 14.0. The van der Waals surface area contributed by atoms with E-state index < -0.39 is 0 Å². The molecule has 2 rings (SSSR count). The van der Waals surface area contributed by atoms with E-state index in [1.54, 1.807) is 19.2 Å². The highest BCUT2D eigenvalue weighted by Gasteiger charge is 2.13. The average molecular weight is 303 g/mol. The normalized spacial score (nSPS) is 10.1. The highest BCUT2D eigenvalue weighted by molar-refractivity contribution is 5.89. The first-order valence-electron chi connectivity index (χ1n) is 7.24. The molecule has 0 fully saturated rings. The van der Waals surface area contributed by atoms with Gasteiger partial charge >= 0.3 is 0 Å². The van der Waals surface area contributed by atoms with Gasteiger partial charge in [-0.3, -0.25) is 10.1 Å². The lowest BCUT2D eigenvalue weighted by Crippen LogP contribution is -1.97. The van der Waals surface area contributed by atoms with Crippen LogP contribution in [0.1, 0.15) is 27.7 Å². The minimum atomic E-state index is -0.338. The molecule has 5 heteroatoms. The fourth-order valence-corrected chi connectivity index (χ4v) is 1.86. The maximum absolute atomic E-state index is 10.9. The Morgan fingerprint density at radius 2 is 2.00 bits per heavy atom. The van der Waals surface area contributed by atoms with E-state index in [2.05, 4.69) is 11.7 Å². The standard InChI is InChI=1S/C13H14N2O2.C2H5N.C2H6/c1-3-10(2)9-14-8-7-11-12(14)5-4-6-13(11)15(16)17;1-3-2;1-2/h3-8H,9H2,1-2H3;1H2,2H3;1-2H3/b10-3+;;. The summed E-state index contributed by atoms with van der Waals surface area (Å²) in [6.07, 6.45) is 3.94. The van der Waals surface area contributed by atoms with E-state index in [0.29, 0.717) is 5.39 Å². The number of benzene rings is 1. The Bertz CT molecular complexity index is 642. The fourth-order valence-electron chi connectivity index (χ4n) is 1.86. The second kappa shape index (κ2) is 10.3. The molecule has 22 heavy (non-hydrogen) atoms. The van der Waals surface area contributed by atoms with E-state index in [1.807, 2.05) is 50.6 Å². The number of aliphatic imine (C=N–C) groups is 1. The summed E-state index contributed by atoms with van der Waals surface area (Å²) in [5.74, 6) is 0. The van der Waals surface area contributed by atoms with Crippen LogP contribution < -0.4 is 0 Å². The summed E-state index contributed by atoms with van der Waals surface area (Å²) in [6, 6.07) is 6.97. The Hall–Kier alpha value is -2.43. The van der Waals surface area contributed by atoms with E-state index in [9.17, 15) is 10.1 Å². The highest BCUT2D eigenvalue weighted by Crippen LogP contribution is 2.26. The van der Waals surface area contributed by atoms with Gasteiger partial charge in [0.15, 0.2) is 0 Å². The quantitative estimate of drug-likeness (QED) is 0.352. The molecule has 0 aliphatic carbocycles. The van der Waals surface area contributed by atoms with Gasteiger partial charge in [-0.25, -0.2) is 0 Å². The summed E-state index contributed by atoms with van der Waals surface area (Å²) in [6.45, 7) is 11.9. The largest absolute Gasteiger partial charge is 0.343 e. The first-order valence-corrected chi connectivity index (χ1v) is 7.24. The molecule has 0 saturated heterocycles. The molecular weight excluding hydrogens is 278 g/mol. The number of hydrogen-bond acceptors (Lipinski definition) is 3. The molecule has 120 valence electrons. The third kappa shape index (κ3) is 5.16. The molecule has 0 atom stereocenters. The van der Waals surface area contributed by atoms with Gasteiger partial charge in [-0.1, -0.05) is 31.6 Å². The third-order valence-corrected chi connectivity index (χ3v) is 2.90. The zero-order valence-electron chi connectivity index (χ0n) is 14.0. The summed E-state index contributed by atoms with van der Waals surface area (Å²) >= 11 is 0. The van der Waals surface area contributed by atoms with Crippen molar-refractivity contribution in [2.45, 2.75) is 34.2 Å². The molecular formula is C17H25N3O2. The molecule has 2 aromatic rings. The van der Waals surface area contributed by atoms with Crippen LogP contribution >= 0.6 is 0 Å². The van der Waals surface area contributed by atoms with Gasteiger partial charge in [0, 0.05) is 25.9 Å². The van der Waals surface area contributed by atoms with E-state index in [1.165, 1.54) is 11.6 Å². The van der Waals surface area contributed by atoms with Gasteiger partial charge in [-0.2, -0.15) is 0 Å². The van der Waals surface area contributed by atoms with Crippen LogP contribution in [0.3, 0.4) is 0 Å². The molecule has 0 unspecified atom stereocenters. The van der Waals surface area contributed by atoms with Crippen molar-refractivity contribution in [3.8, 4) is 0 Å². The maximum atomic E-state index is 10.9. The van der Waals surface area contributed by atoms with Gasteiger partial charge in [0.1, 0.15) is 0 Å². The molecule has 1 aromatic carbocycles. The summed E-state index contributed by atoms with van der Waals surface area (Å²) in [4.78, 5) is 13.8. The minimum Gasteiger partial charge on any atom is -0.343 e. The first-order chi connectivity index (χ1) is 10.5. The molecule has 0 spiro atoms.